The van der Waals surface area contributed by atoms with Gasteiger partial charge in [-0.25, -0.2) is 14.9 Å². The summed E-state index contributed by atoms with van der Waals surface area (Å²) in [6.45, 7) is 1.74. The maximum Gasteiger partial charge on any atom is 0.286 e. The molecule has 0 bridgehead atoms. The van der Waals surface area contributed by atoms with Gasteiger partial charge in [0, 0.05) is 5.56 Å². The fourth-order valence-electron chi connectivity index (χ4n) is 1.46. The van der Waals surface area contributed by atoms with Gasteiger partial charge in [-0.2, -0.15) is 0 Å². The van der Waals surface area contributed by atoms with Crippen molar-refractivity contribution in [3.05, 3.63) is 40.7 Å². The molecule has 1 N–H and O–H groups in total. The molecule has 2 rings (SSSR count). The molecule has 1 amide bonds. The van der Waals surface area contributed by atoms with Crippen LogP contribution in [0.5, 0.6) is 0 Å². The van der Waals surface area contributed by atoms with Gasteiger partial charge >= 0.3 is 0 Å². The molecular formula is C12H11FN2O2S. The normalized spacial score (nSPS) is 10.4. The van der Waals surface area contributed by atoms with E-state index < -0.39 is 0 Å². The summed E-state index contributed by atoms with van der Waals surface area (Å²) < 4.78 is 12.8. The molecule has 0 saturated heterocycles. The minimum absolute atomic E-state index is 0.302. The average Bonchev–Trinajstić information content (AvgIpc) is 2.72. The van der Waals surface area contributed by atoms with Crippen molar-refractivity contribution in [2.75, 3.05) is 7.11 Å². The second-order valence-electron chi connectivity index (χ2n) is 3.58. The van der Waals surface area contributed by atoms with Crippen molar-refractivity contribution in [2.24, 2.45) is 0 Å². The van der Waals surface area contributed by atoms with Crippen LogP contribution in [0, 0.1) is 12.7 Å². The first-order chi connectivity index (χ1) is 8.61. The molecule has 1 aromatic carbocycles. The minimum Gasteiger partial charge on any atom is -0.277 e. The summed E-state index contributed by atoms with van der Waals surface area (Å²) in [6.07, 6.45) is 0. The maximum absolute atomic E-state index is 12.8. The number of halogens is 1. The van der Waals surface area contributed by atoms with Gasteiger partial charge in [0.25, 0.3) is 5.91 Å². The maximum atomic E-state index is 12.8. The van der Waals surface area contributed by atoms with E-state index in [-0.39, 0.29) is 11.7 Å². The van der Waals surface area contributed by atoms with Crippen LogP contribution in [0.2, 0.25) is 0 Å². The lowest BCUT2D eigenvalue weighted by molar-refractivity contribution is 0.0541. The third-order valence-corrected chi connectivity index (χ3v) is 3.49. The molecule has 1 heterocycles. The molecule has 94 valence electrons. The number of aromatic nitrogens is 1. The van der Waals surface area contributed by atoms with Crippen LogP contribution in [0.25, 0.3) is 10.6 Å². The highest BCUT2D eigenvalue weighted by Gasteiger charge is 2.15. The highest BCUT2D eigenvalue weighted by molar-refractivity contribution is 7.17. The third kappa shape index (κ3) is 2.55. The van der Waals surface area contributed by atoms with E-state index in [0.29, 0.717) is 15.6 Å². The summed E-state index contributed by atoms with van der Waals surface area (Å²) in [5.74, 6) is -0.634. The largest absolute Gasteiger partial charge is 0.286 e. The Bertz CT molecular complexity index is 566. The van der Waals surface area contributed by atoms with Gasteiger partial charge in [0.2, 0.25) is 0 Å². The third-order valence-electron chi connectivity index (χ3n) is 2.29. The predicted octanol–water partition coefficient (Wildman–Crippen LogP) is 2.55. The van der Waals surface area contributed by atoms with E-state index in [1.54, 1.807) is 19.1 Å². The summed E-state index contributed by atoms with van der Waals surface area (Å²) in [4.78, 5) is 21.0. The highest BCUT2D eigenvalue weighted by atomic mass is 32.1. The van der Waals surface area contributed by atoms with Crippen molar-refractivity contribution in [1.29, 1.82) is 0 Å². The van der Waals surface area contributed by atoms with Gasteiger partial charge in [-0.15, -0.1) is 11.3 Å². The number of hydrogen-bond donors (Lipinski definition) is 1. The fourth-order valence-corrected chi connectivity index (χ4v) is 2.42. The highest BCUT2D eigenvalue weighted by Crippen LogP contribution is 2.27. The van der Waals surface area contributed by atoms with Crippen molar-refractivity contribution in [3.63, 3.8) is 0 Å². The molecule has 0 spiro atoms. The van der Waals surface area contributed by atoms with Crippen molar-refractivity contribution in [2.45, 2.75) is 6.92 Å². The van der Waals surface area contributed by atoms with Crippen LogP contribution in [0.1, 0.15) is 15.4 Å². The predicted molar refractivity (Wildman–Crippen MR) is 66.7 cm³/mol. The Kier molecular flexibility index (Phi) is 3.69. The Hall–Kier alpha value is -1.79. The lowest BCUT2D eigenvalue weighted by Crippen LogP contribution is -2.21. The van der Waals surface area contributed by atoms with Crippen LogP contribution >= 0.6 is 11.3 Å². The number of amides is 1. The minimum atomic E-state index is -0.333. The SMILES string of the molecule is CONC(=O)c1sc(-c2ccc(F)cc2)nc1C. The molecule has 0 unspecified atom stereocenters. The summed E-state index contributed by atoms with van der Waals surface area (Å²) in [5, 5.41) is 0.675. The zero-order valence-corrected chi connectivity index (χ0v) is 10.7. The topological polar surface area (TPSA) is 51.2 Å². The molecule has 0 fully saturated rings. The smallest absolute Gasteiger partial charge is 0.277 e. The Morgan fingerprint density at radius 3 is 2.67 bits per heavy atom. The van der Waals surface area contributed by atoms with Gasteiger partial charge in [-0.05, 0) is 31.2 Å². The van der Waals surface area contributed by atoms with Crippen molar-refractivity contribution >= 4 is 17.2 Å². The van der Waals surface area contributed by atoms with Gasteiger partial charge in [0.15, 0.2) is 0 Å². The van der Waals surface area contributed by atoms with E-state index in [1.165, 1.54) is 30.6 Å². The van der Waals surface area contributed by atoms with Gasteiger partial charge in [-0.1, -0.05) is 0 Å². The zero-order valence-electron chi connectivity index (χ0n) is 9.86. The molecule has 18 heavy (non-hydrogen) atoms. The molecule has 6 heteroatoms. The molecule has 0 radical (unpaired) electrons. The van der Waals surface area contributed by atoms with Crippen LogP contribution in [-0.4, -0.2) is 18.0 Å². The number of aryl methyl sites for hydroxylation is 1. The Morgan fingerprint density at radius 1 is 1.39 bits per heavy atom. The first kappa shape index (κ1) is 12.7. The Labute approximate surface area is 107 Å². The summed E-state index contributed by atoms with van der Waals surface area (Å²) in [5.41, 5.74) is 3.65. The Morgan fingerprint density at radius 2 is 2.06 bits per heavy atom. The van der Waals surface area contributed by atoms with Crippen molar-refractivity contribution in [3.8, 4) is 10.6 Å². The van der Waals surface area contributed by atoms with Crippen molar-refractivity contribution < 1.29 is 14.0 Å². The molecule has 4 nitrogen and oxygen atoms in total. The molecule has 0 saturated carbocycles. The number of carbonyl (C=O) groups excluding carboxylic acids is 1. The number of benzene rings is 1. The lowest BCUT2D eigenvalue weighted by atomic mass is 10.2. The van der Waals surface area contributed by atoms with E-state index in [0.717, 1.165) is 5.56 Å². The average molecular weight is 266 g/mol. The summed E-state index contributed by atoms with van der Waals surface area (Å²) in [7, 11) is 1.37. The first-order valence-corrected chi connectivity index (χ1v) is 6.00. The zero-order chi connectivity index (χ0) is 13.1. The number of hydrogen-bond acceptors (Lipinski definition) is 4. The molecule has 0 aliphatic heterocycles. The van der Waals surface area contributed by atoms with E-state index in [2.05, 4.69) is 15.3 Å². The Balaban J connectivity index is 2.34. The van der Waals surface area contributed by atoms with Crippen LogP contribution < -0.4 is 5.48 Å². The van der Waals surface area contributed by atoms with Gasteiger partial charge in [0.1, 0.15) is 15.7 Å². The monoisotopic (exact) mass is 266 g/mol. The molecule has 0 atom stereocenters. The molecular weight excluding hydrogens is 255 g/mol. The summed E-state index contributed by atoms with van der Waals surface area (Å²) in [6, 6.07) is 5.99. The summed E-state index contributed by atoms with van der Waals surface area (Å²) >= 11 is 1.24. The lowest BCUT2D eigenvalue weighted by Gasteiger charge is -1.98. The second-order valence-corrected chi connectivity index (χ2v) is 4.57. The van der Waals surface area contributed by atoms with Crippen LogP contribution in [0.15, 0.2) is 24.3 Å². The van der Waals surface area contributed by atoms with Crippen molar-refractivity contribution in [1.82, 2.24) is 10.5 Å². The van der Waals surface area contributed by atoms with E-state index in [4.69, 9.17) is 0 Å². The number of carbonyl (C=O) groups is 1. The number of rotatable bonds is 3. The van der Waals surface area contributed by atoms with Gasteiger partial charge in [0.05, 0.1) is 12.8 Å². The molecule has 0 aliphatic rings. The molecule has 0 aliphatic carbocycles. The number of nitrogens with one attached hydrogen (secondary N) is 1. The van der Waals surface area contributed by atoms with Gasteiger partial charge < -0.3 is 0 Å². The molecule has 1 aromatic heterocycles. The first-order valence-electron chi connectivity index (χ1n) is 5.18. The van der Waals surface area contributed by atoms with Crippen LogP contribution in [-0.2, 0) is 4.84 Å². The van der Waals surface area contributed by atoms with E-state index >= 15 is 0 Å². The quantitative estimate of drug-likeness (QED) is 0.869. The van der Waals surface area contributed by atoms with E-state index in [9.17, 15) is 9.18 Å². The second kappa shape index (κ2) is 5.24. The van der Waals surface area contributed by atoms with Crippen LogP contribution in [0.3, 0.4) is 0 Å². The van der Waals surface area contributed by atoms with Crippen LogP contribution in [0.4, 0.5) is 4.39 Å². The standard InChI is InChI=1S/C12H11FN2O2S/c1-7-10(11(16)15-17-2)18-12(14-7)8-3-5-9(13)6-4-8/h3-6H,1-2H3,(H,15,16). The van der Waals surface area contributed by atoms with Gasteiger partial charge in [-0.3, -0.25) is 9.63 Å². The number of thiazole rings is 1. The van der Waals surface area contributed by atoms with E-state index in [1.807, 2.05) is 0 Å². The number of hydroxylamine groups is 1. The number of nitrogens with zero attached hydrogens (tertiary/aromatic N) is 1. The fraction of sp³-hybridized carbons (Fsp3) is 0.167. The molecule has 2 aromatic rings.